The molecule has 0 aliphatic rings. The van der Waals surface area contributed by atoms with Crippen molar-refractivity contribution in [3.63, 3.8) is 0 Å². The van der Waals surface area contributed by atoms with Crippen LogP contribution in [-0.4, -0.2) is 49.6 Å². The third-order valence-electron chi connectivity index (χ3n) is 4.70. The van der Waals surface area contributed by atoms with E-state index in [9.17, 15) is 9.18 Å². The van der Waals surface area contributed by atoms with E-state index in [0.717, 1.165) is 24.0 Å². The van der Waals surface area contributed by atoms with Crippen LogP contribution in [0.3, 0.4) is 0 Å². The van der Waals surface area contributed by atoms with E-state index in [1.807, 2.05) is 37.2 Å². The number of carbonyl (C=O) groups is 1. The van der Waals surface area contributed by atoms with E-state index in [0.29, 0.717) is 41.7 Å². The van der Waals surface area contributed by atoms with Gasteiger partial charge in [-0.2, -0.15) is 0 Å². The summed E-state index contributed by atoms with van der Waals surface area (Å²) >= 11 is 1.32. The number of nitrogens with zero attached hydrogens (tertiary/aromatic N) is 3. The second kappa shape index (κ2) is 10.5. The normalized spacial score (nSPS) is 11.2. The Morgan fingerprint density at radius 3 is 2.67 bits per heavy atom. The fraction of sp³-hybridized carbons (Fsp3) is 0.391. The number of hydrogen-bond donors (Lipinski definition) is 0. The third kappa shape index (κ3) is 5.55. The summed E-state index contributed by atoms with van der Waals surface area (Å²) in [4.78, 5) is 21.4. The molecule has 1 heterocycles. The first-order valence-electron chi connectivity index (χ1n) is 10.2. The molecule has 160 valence electrons. The van der Waals surface area contributed by atoms with Crippen LogP contribution in [0.4, 0.5) is 9.52 Å². The topological polar surface area (TPSA) is 45.7 Å². The molecule has 3 aromatic rings. The molecule has 1 amide bonds. The SMILES string of the molecule is CCCCCOc1cccc(C(=O)N(CCN(C)C)c2nc3c(F)cccc3s2)c1. The Hall–Kier alpha value is -2.51. The zero-order valence-electron chi connectivity index (χ0n) is 17.7. The molecule has 0 atom stereocenters. The molecule has 0 radical (unpaired) electrons. The van der Waals surface area contributed by atoms with Crippen molar-refractivity contribution in [2.75, 3.05) is 38.7 Å². The van der Waals surface area contributed by atoms with Gasteiger partial charge in [0.2, 0.25) is 0 Å². The Labute approximate surface area is 181 Å². The van der Waals surface area contributed by atoms with Crippen molar-refractivity contribution in [1.82, 2.24) is 9.88 Å². The first-order valence-corrected chi connectivity index (χ1v) is 11.1. The average Bonchev–Trinajstić information content (AvgIpc) is 3.16. The number of halogens is 1. The Bertz CT molecular complexity index is 989. The van der Waals surface area contributed by atoms with Crippen molar-refractivity contribution in [2.24, 2.45) is 0 Å². The summed E-state index contributed by atoms with van der Waals surface area (Å²) in [6, 6.07) is 12.1. The lowest BCUT2D eigenvalue weighted by molar-refractivity contribution is 0.0984. The number of aromatic nitrogens is 1. The number of para-hydroxylation sites is 1. The maximum Gasteiger partial charge on any atom is 0.260 e. The molecule has 0 N–H and O–H groups in total. The van der Waals surface area contributed by atoms with Gasteiger partial charge in [-0.1, -0.05) is 43.2 Å². The number of unbranched alkanes of at least 4 members (excludes halogenated alkanes) is 2. The summed E-state index contributed by atoms with van der Waals surface area (Å²) in [5.74, 6) is 0.132. The van der Waals surface area contributed by atoms with Crippen LogP contribution < -0.4 is 9.64 Å². The summed E-state index contributed by atoms with van der Waals surface area (Å²) in [5, 5.41) is 0.496. The molecule has 0 aliphatic heterocycles. The summed E-state index contributed by atoms with van der Waals surface area (Å²) < 4.78 is 20.7. The van der Waals surface area contributed by atoms with Crippen LogP contribution in [-0.2, 0) is 0 Å². The lowest BCUT2D eigenvalue weighted by Gasteiger charge is -2.22. The second-order valence-electron chi connectivity index (χ2n) is 7.43. The maximum absolute atomic E-state index is 14.1. The highest BCUT2D eigenvalue weighted by Gasteiger charge is 2.22. The van der Waals surface area contributed by atoms with Gasteiger partial charge in [0.25, 0.3) is 5.91 Å². The number of ether oxygens (including phenoxy) is 1. The Kier molecular flexibility index (Phi) is 7.76. The number of anilines is 1. The molecule has 0 spiro atoms. The predicted molar refractivity (Wildman–Crippen MR) is 121 cm³/mol. The number of benzene rings is 2. The highest BCUT2D eigenvalue weighted by molar-refractivity contribution is 7.22. The number of carbonyl (C=O) groups excluding carboxylic acids is 1. The monoisotopic (exact) mass is 429 g/mol. The van der Waals surface area contributed by atoms with Crippen LogP contribution in [0, 0.1) is 5.82 Å². The van der Waals surface area contributed by atoms with Gasteiger partial charge in [0.1, 0.15) is 17.1 Å². The fourth-order valence-corrected chi connectivity index (χ4v) is 4.02. The molecular weight excluding hydrogens is 401 g/mol. The van der Waals surface area contributed by atoms with Crippen LogP contribution in [0.15, 0.2) is 42.5 Å². The van der Waals surface area contributed by atoms with Gasteiger partial charge in [-0.15, -0.1) is 0 Å². The van der Waals surface area contributed by atoms with E-state index in [2.05, 4.69) is 11.9 Å². The Morgan fingerprint density at radius 2 is 1.93 bits per heavy atom. The van der Waals surface area contributed by atoms with Crippen molar-refractivity contribution in [1.29, 1.82) is 0 Å². The minimum atomic E-state index is -0.377. The molecule has 0 bridgehead atoms. The molecule has 0 aliphatic carbocycles. The molecule has 3 rings (SSSR count). The van der Waals surface area contributed by atoms with Crippen molar-refractivity contribution < 1.29 is 13.9 Å². The minimum absolute atomic E-state index is 0.171. The predicted octanol–water partition coefficient (Wildman–Crippen LogP) is 5.21. The van der Waals surface area contributed by atoms with Gasteiger partial charge in [0.15, 0.2) is 5.13 Å². The standard InChI is InChI=1S/C23H28FN3O2S/c1-4-5-6-15-29-18-10-7-9-17(16-18)22(28)27(14-13-26(2)3)23-25-21-19(24)11-8-12-20(21)30-23/h7-12,16H,4-6,13-15H2,1-3H3. The van der Waals surface area contributed by atoms with Gasteiger partial charge in [-0.05, 0) is 50.8 Å². The Morgan fingerprint density at radius 1 is 1.13 bits per heavy atom. The number of likely N-dealkylation sites (N-methyl/N-ethyl adjacent to an activating group) is 1. The molecule has 0 saturated carbocycles. The van der Waals surface area contributed by atoms with Crippen molar-refractivity contribution in [3.05, 3.63) is 53.8 Å². The number of rotatable bonds is 10. The zero-order chi connectivity index (χ0) is 21.5. The van der Waals surface area contributed by atoms with E-state index in [4.69, 9.17) is 4.74 Å². The van der Waals surface area contributed by atoms with E-state index in [1.54, 1.807) is 23.1 Å². The molecule has 0 saturated heterocycles. The quantitative estimate of drug-likeness (QED) is 0.415. The molecular formula is C23H28FN3O2S. The first kappa shape index (κ1) is 22.2. The molecule has 0 fully saturated rings. The fourth-order valence-electron chi connectivity index (χ4n) is 3.02. The van der Waals surface area contributed by atoms with Gasteiger partial charge in [0.05, 0.1) is 11.3 Å². The number of fused-ring (bicyclic) bond motifs is 1. The smallest absolute Gasteiger partial charge is 0.260 e. The Balaban J connectivity index is 1.86. The number of hydrogen-bond acceptors (Lipinski definition) is 5. The highest BCUT2D eigenvalue weighted by Crippen LogP contribution is 2.31. The van der Waals surface area contributed by atoms with Gasteiger partial charge in [-0.25, -0.2) is 9.37 Å². The van der Waals surface area contributed by atoms with E-state index >= 15 is 0 Å². The average molecular weight is 430 g/mol. The van der Waals surface area contributed by atoms with E-state index < -0.39 is 0 Å². The third-order valence-corrected chi connectivity index (χ3v) is 5.75. The maximum atomic E-state index is 14.1. The van der Waals surface area contributed by atoms with Crippen LogP contribution in [0.25, 0.3) is 10.2 Å². The summed E-state index contributed by atoms with van der Waals surface area (Å²) in [6.45, 7) is 3.90. The molecule has 1 aromatic heterocycles. The lowest BCUT2D eigenvalue weighted by Crippen LogP contribution is -2.36. The summed E-state index contributed by atoms with van der Waals surface area (Å²) in [6.07, 6.45) is 3.23. The lowest BCUT2D eigenvalue weighted by atomic mass is 10.2. The van der Waals surface area contributed by atoms with Crippen LogP contribution in [0.5, 0.6) is 5.75 Å². The van der Waals surface area contributed by atoms with Gasteiger partial charge in [0, 0.05) is 18.7 Å². The first-order chi connectivity index (χ1) is 14.5. The van der Waals surface area contributed by atoms with E-state index in [1.165, 1.54) is 17.4 Å². The highest BCUT2D eigenvalue weighted by atomic mass is 32.1. The largest absolute Gasteiger partial charge is 0.494 e. The van der Waals surface area contributed by atoms with Crippen LogP contribution in [0.1, 0.15) is 36.5 Å². The van der Waals surface area contributed by atoms with Crippen molar-refractivity contribution in [3.8, 4) is 5.75 Å². The minimum Gasteiger partial charge on any atom is -0.494 e. The summed E-state index contributed by atoms with van der Waals surface area (Å²) in [5.41, 5.74) is 0.828. The van der Waals surface area contributed by atoms with Gasteiger partial charge < -0.3 is 9.64 Å². The molecule has 0 unspecified atom stereocenters. The van der Waals surface area contributed by atoms with E-state index in [-0.39, 0.29) is 11.7 Å². The van der Waals surface area contributed by atoms with Crippen LogP contribution >= 0.6 is 11.3 Å². The second-order valence-corrected chi connectivity index (χ2v) is 8.44. The summed E-state index contributed by atoms with van der Waals surface area (Å²) in [7, 11) is 3.90. The molecule has 30 heavy (non-hydrogen) atoms. The van der Waals surface area contributed by atoms with Gasteiger partial charge in [-0.3, -0.25) is 9.69 Å². The molecule has 5 nitrogen and oxygen atoms in total. The number of amides is 1. The molecule has 2 aromatic carbocycles. The van der Waals surface area contributed by atoms with Gasteiger partial charge >= 0.3 is 0 Å². The van der Waals surface area contributed by atoms with Crippen molar-refractivity contribution >= 4 is 32.6 Å². The number of thiazole rings is 1. The zero-order valence-corrected chi connectivity index (χ0v) is 18.5. The van der Waals surface area contributed by atoms with Crippen LogP contribution in [0.2, 0.25) is 0 Å². The van der Waals surface area contributed by atoms with Crippen molar-refractivity contribution in [2.45, 2.75) is 26.2 Å². The molecule has 7 heteroatoms.